The topological polar surface area (TPSA) is 40.5 Å². The molecule has 2 N–H and O–H groups in total. The third-order valence-electron chi connectivity index (χ3n) is 1.25. The van der Waals surface area contributed by atoms with Crippen LogP contribution in [-0.2, 0) is 0 Å². The fraction of sp³-hybridized carbons (Fsp3) is 0. The van der Waals surface area contributed by atoms with Crippen LogP contribution in [0.2, 0.25) is 0 Å². The average molecular weight is 215 g/mol. The molecule has 0 saturated heterocycles. The summed E-state index contributed by atoms with van der Waals surface area (Å²) in [6.07, 6.45) is 1.76. The smallest absolute Gasteiger partial charge is 0.157 e. The predicted molar refractivity (Wildman–Crippen MR) is 47.7 cm³/mol. The Labute approximate surface area is 72.9 Å². The second-order valence-corrected chi connectivity index (χ2v) is 2.57. The van der Waals surface area contributed by atoms with Crippen molar-refractivity contribution in [3.8, 4) is 11.5 Å². The third-order valence-corrected chi connectivity index (χ3v) is 1.52. The number of rotatable bonds is 1. The largest absolute Gasteiger partial charge is 0.504 e. The van der Waals surface area contributed by atoms with Crippen LogP contribution in [0.4, 0.5) is 0 Å². The molecule has 0 heterocycles. The second kappa shape index (κ2) is 3.44. The SMILES string of the molecule is Oc1ccc(/C=C/Br)cc1O. The minimum atomic E-state index is -0.104. The summed E-state index contributed by atoms with van der Waals surface area (Å²) in [6.45, 7) is 0. The first-order valence-electron chi connectivity index (χ1n) is 3.03. The van der Waals surface area contributed by atoms with E-state index in [4.69, 9.17) is 10.2 Å². The highest BCUT2D eigenvalue weighted by atomic mass is 79.9. The Kier molecular flexibility index (Phi) is 2.54. The first-order chi connectivity index (χ1) is 5.24. The first kappa shape index (κ1) is 8.14. The molecule has 2 nitrogen and oxygen atoms in total. The van der Waals surface area contributed by atoms with Crippen LogP contribution in [0.3, 0.4) is 0 Å². The fourth-order valence-corrected chi connectivity index (χ4v) is 1.02. The molecule has 1 aromatic rings. The van der Waals surface area contributed by atoms with E-state index in [0.717, 1.165) is 5.56 Å². The van der Waals surface area contributed by atoms with Crippen LogP contribution in [0.15, 0.2) is 23.2 Å². The molecule has 0 aliphatic carbocycles. The van der Waals surface area contributed by atoms with Crippen molar-refractivity contribution in [1.29, 1.82) is 0 Å². The van der Waals surface area contributed by atoms with Gasteiger partial charge in [-0.3, -0.25) is 0 Å². The highest BCUT2D eigenvalue weighted by Gasteiger charge is 1.96. The van der Waals surface area contributed by atoms with Gasteiger partial charge >= 0.3 is 0 Å². The molecule has 58 valence electrons. The van der Waals surface area contributed by atoms with Gasteiger partial charge in [-0.1, -0.05) is 22.0 Å². The molecule has 0 unspecified atom stereocenters. The lowest BCUT2D eigenvalue weighted by Gasteiger charge is -1.97. The van der Waals surface area contributed by atoms with Crippen LogP contribution in [0.5, 0.6) is 11.5 Å². The average Bonchev–Trinajstić information content (AvgIpc) is 1.98. The van der Waals surface area contributed by atoms with E-state index in [-0.39, 0.29) is 11.5 Å². The Morgan fingerprint density at radius 1 is 1.18 bits per heavy atom. The van der Waals surface area contributed by atoms with Gasteiger partial charge in [0.2, 0.25) is 0 Å². The minimum absolute atomic E-state index is 0.100. The third kappa shape index (κ3) is 1.98. The Balaban J connectivity index is 3.05. The lowest BCUT2D eigenvalue weighted by Crippen LogP contribution is -1.71. The molecular formula is C8H7BrO2. The van der Waals surface area contributed by atoms with E-state index in [9.17, 15) is 0 Å². The first-order valence-corrected chi connectivity index (χ1v) is 3.94. The van der Waals surface area contributed by atoms with E-state index < -0.39 is 0 Å². The molecule has 0 aliphatic rings. The number of hydrogen-bond donors (Lipinski definition) is 2. The molecule has 11 heavy (non-hydrogen) atoms. The molecule has 0 aromatic heterocycles. The van der Waals surface area contributed by atoms with E-state index in [1.165, 1.54) is 12.1 Å². The van der Waals surface area contributed by atoms with Crippen LogP contribution in [0, 0.1) is 0 Å². The standard InChI is InChI=1S/C8H7BrO2/c9-4-3-6-1-2-7(10)8(11)5-6/h1-5,10-11H/b4-3+. The normalized spacial score (nSPS) is 10.6. The van der Waals surface area contributed by atoms with Crippen molar-refractivity contribution in [3.05, 3.63) is 28.7 Å². The molecule has 0 fully saturated rings. The summed E-state index contributed by atoms with van der Waals surface area (Å²) in [7, 11) is 0. The molecule has 0 aliphatic heterocycles. The summed E-state index contributed by atoms with van der Waals surface area (Å²) < 4.78 is 0. The van der Waals surface area contributed by atoms with Crippen molar-refractivity contribution >= 4 is 22.0 Å². The van der Waals surface area contributed by atoms with Crippen molar-refractivity contribution < 1.29 is 10.2 Å². The van der Waals surface area contributed by atoms with E-state index in [1.54, 1.807) is 17.1 Å². The summed E-state index contributed by atoms with van der Waals surface area (Å²) in [5.74, 6) is -0.204. The maximum absolute atomic E-state index is 9.03. The van der Waals surface area contributed by atoms with Gasteiger partial charge in [0.05, 0.1) is 0 Å². The zero-order valence-corrected chi connectivity index (χ0v) is 7.25. The van der Waals surface area contributed by atoms with Gasteiger partial charge in [-0.25, -0.2) is 0 Å². The van der Waals surface area contributed by atoms with Crippen LogP contribution in [-0.4, -0.2) is 10.2 Å². The van der Waals surface area contributed by atoms with Gasteiger partial charge in [-0.05, 0) is 28.8 Å². The van der Waals surface area contributed by atoms with E-state index in [0.29, 0.717) is 0 Å². The van der Waals surface area contributed by atoms with Gasteiger partial charge in [-0.15, -0.1) is 0 Å². The zero-order chi connectivity index (χ0) is 8.27. The lowest BCUT2D eigenvalue weighted by molar-refractivity contribution is 0.403. The summed E-state index contributed by atoms with van der Waals surface area (Å²) in [6, 6.07) is 4.62. The van der Waals surface area contributed by atoms with Crippen molar-refractivity contribution in [3.63, 3.8) is 0 Å². The van der Waals surface area contributed by atoms with Gasteiger partial charge < -0.3 is 10.2 Å². The Hall–Kier alpha value is -0.960. The molecule has 0 amide bonds. The molecule has 0 bridgehead atoms. The second-order valence-electron chi connectivity index (χ2n) is 2.04. The number of phenols is 2. The van der Waals surface area contributed by atoms with Gasteiger partial charge in [0, 0.05) is 0 Å². The van der Waals surface area contributed by atoms with Gasteiger partial charge in [0.25, 0.3) is 0 Å². The fourth-order valence-electron chi connectivity index (χ4n) is 0.717. The van der Waals surface area contributed by atoms with E-state index in [1.807, 2.05) is 0 Å². The molecule has 1 aromatic carbocycles. The summed E-state index contributed by atoms with van der Waals surface area (Å²) >= 11 is 3.10. The molecule has 0 atom stereocenters. The number of aromatic hydroxyl groups is 2. The van der Waals surface area contributed by atoms with Crippen LogP contribution < -0.4 is 0 Å². The molecule has 3 heteroatoms. The maximum Gasteiger partial charge on any atom is 0.157 e. The molecule has 1 rings (SSSR count). The maximum atomic E-state index is 9.03. The van der Waals surface area contributed by atoms with Gasteiger partial charge in [0.15, 0.2) is 11.5 Å². The highest BCUT2D eigenvalue weighted by molar-refractivity contribution is 9.11. The minimum Gasteiger partial charge on any atom is -0.504 e. The molecule has 0 spiro atoms. The van der Waals surface area contributed by atoms with Crippen molar-refractivity contribution in [1.82, 2.24) is 0 Å². The van der Waals surface area contributed by atoms with Crippen molar-refractivity contribution in [2.45, 2.75) is 0 Å². The molecular weight excluding hydrogens is 208 g/mol. The summed E-state index contributed by atoms with van der Waals surface area (Å²) in [5.41, 5.74) is 0.831. The van der Waals surface area contributed by atoms with Crippen molar-refractivity contribution in [2.24, 2.45) is 0 Å². The van der Waals surface area contributed by atoms with Gasteiger partial charge in [-0.2, -0.15) is 0 Å². The number of hydrogen-bond acceptors (Lipinski definition) is 2. The van der Waals surface area contributed by atoms with Crippen LogP contribution in [0.1, 0.15) is 5.56 Å². The van der Waals surface area contributed by atoms with E-state index >= 15 is 0 Å². The molecule has 0 saturated carbocycles. The number of benzene rings is 1. The lowest BCUT2D eigenvalue weighted by atomic mass is 10.2. The Bertz CT molecular complexity index is 281. The summed E-state index contributed by atoms with van der Waals surface area (Å²) in [5, 5.41) is 18.0. The predicted octanol–water partition coefficient (Wildman–Crippen LogP) is 2.46. The van der Waals surface area contributed by atoms with Gasteiger partial charge in [0.1, 0.15) is 0 Å². The summed E-state index contributed by atoms with van der Waals surface area (Å²) in [4.78, 5) is 1.68. The quantitative estimate of drug-likeness (QED) is 0.706. The zero-order valence-electron chi connectivity index (χ0n) is 5.66. The van der Waals surface area contributed by atoms with E-state index in [2.05, 4.69) is 15.9 Å². The monoisotopic (exact) mass is 214 g/mol. The Morgan fingerprint density at radius 3 is 2.45 bits per heavy atom. The Morgan fingerprint density at radius 2 is 1.91 bits per heavy atom. The van der Waals surface area contributed by atoms with Crippen LogP contribution >= 0.6 is 15.9 Å². The number of halogens is 1. The molecule has 0 radical (unpaired) electrons. The van der Waals surface area contributed by atoms with Crippen molar-refractivity contribution in [2.75, 3.05) is 0 Å². The number of phenolic OH excluding ortho intramolecular Hbond substituents is 2. The highest BCUT2D eigenvalue weighted by Crippen LogP contribution is 2.25. The van der Waals surface area contributed by atoms with Crippen LogP contribution in [0.25, 0.3) is 6.08 Å².